The average molecular weight is 267 g/mol. The first-order valence-electron chi connectivity index (χ1n) is 6.39. The Morgan fingerprint density at radius 2 is 2.25 bits per heavy atom. The number of ketones is 1. The van der Waals surface area contributed by atoms with Gasteiger partial charge in [0.05, 0.1) is 12.2 Å². The Morgan fingerprint density at radius 3 is 3.00 bits per heavy atom. The molecule has 4 nitrogen and oxygen atoms in total. The predicted molar refractivity (Wildman–Crippen MR) is 74.8 cm³/mol. The van der Waals surface area contributed by atoms with Crippen molar-refractivity contribution in [3.63, 3.8) is 0 Å². The molecule has 0 aliphatic carbocycles. The summed E-state index contributed by atoms with van der Waals surface area (Å²) in [6, 6.07) is 8.92. The van der Waals surface area contributed by atoms with Crippen LogP contribution in [-0.2, 0) is 0 Å². The van der Waals surface area contributed by atoms with Crippen LogP contribution >= 0.6 is 0 Å². The zero-order chi connectivity index (χ0) is 13.9. The largest absolute Gasteiger partial charge is 0.494 e. The molecular formula is C16H13NO3. The van der Waals surface area contributed by atoms with Crippen molar-refractivity contribution in [2.75, 3.05) is 6.61 Å². The van der Waals surface area contributed by atoms with Crippen LogP contribution in [0, 0.1) is 0 Å². The minimum atomic E-state index is -0.119. The van der Waals surface area contributed by atoms with E-state index in [1.807, 2.05) is 19.1 Å². The minimum absolute atomic E-state index is 0.119. The highest BCUT2D eigenvalue weighted by atomic mass is 16.5. The molecule has 0 atom stereocenters. The molecule has 3 rings (SSSR count). The maximum atomic E-state index is 12.2. The van der Waals surface area contributed by atoms with E-state index in [1.54, 1.807) is 36.7 Å². The van der Waals surface area contributed by atoms with Crippen LogP contribution in [0.2, 0.25) is 0 Å². The molecule has 4 heteroatoms. The number of allylic oxidation sites excluding steroid dienone is 1. The summed E-state index contributed by atoms with van der Waals surface area (Å²) in [5.74, 6) is 1.42. The number of carbonyl (C=O) groups excluding carboxylic acids is 1. The number of benzene rings is 1. The topological polar surface area (TPSA) is 48.4 Å². The molecule has 0 unspecified atom stereocenters. The van der Waals surface area contributed by atoms with Crippen molar-refractivity contribution in [1.29, 1.82) is 0 Å². The van der Waals surface area contributed by atoms with E-state index in [9.17, 15) is 4.79 Å². The lowest BCUT2D eigenvalue weighted by Crippen LogP contribution is -1.98. The molecule has 0 bridgehead atoms. The van der Waals surface area contributed by atoms with Crippen LogP contribution in [0.5, 0.6) is 11.5 Å². The summed E-state index contributed by atoms with van der Waals surface area (Å²) < 4.78 is 11.0. The first-order chi connectivity index (χ1) is 9.78. The molecule has 100 valence electrons. The fourth-order valence-electron chi connectivity index (χ4n) is 2.04. The van der Waals surface area contributed by atoms with Gasteiger partial charge < -0.3 is 9.47 Å². The third-order valence-electron chi connectivity index (χ3n) is 2.93. The number of Topliss-reactive ketones (excluding diaryl/α,β-unsaturated/α-hetero) is 1. The van der Waals surface area contributed by atoms with Crippen molar-refractivity contribution in [1.82, 2.24) is 4.98 Å². The van der Waals surface area contributed by atoms with Crippen LogP contribution in [0.15, 0.2) is 48.5 Å². The van der Waals surface area contributed by atoms with Gasteiger partial charge in [-0.2, -0.15) is 0 Å². The van der Waals surface area contributed by atoms with Crippen molar-refractivity contribution < 1.29 is 14.3 Å². The number of aromatic nitrogens is 1. The standard InChI is InChI=1S/C16H13NO3/c1-2-19-12-5-6-13-14(9-12)20-15(16(13)18)8-11-4-3-7-17-10-11/h3-10H,2H2,1H3/b15-8-. The van der Waals surface area contributed by atoms with Gasteiger partial charge in [0.1, 0.15) is 11.5 Å². The number of ether oxygens (including phenoxy) is 2. The van der Waals surface area contributed by atoms with Gasteiger partial charge in [0.15, 0.2) is 5.76 Å². The number of fused-ring (bicyclic) bond motifs is 1. The second-order valence-electron chi connectivity index (χ2n) is 4.32. The molecule has 1 aliphatic rings. The van der Waals surface area contributed by atoms with Crippen LogP contribution in [0.3, 0.4) is 0 Å². The molecule has 2 aromatic rings. The van der Waals surface area contributed by atoms with Gasteiger partial charge in [-0.1, -0.05) is 6.07 Å². The molecule has 1 aromatic carbocycles. The van der Waals surface area contributed by atoms with Gasteiger partial charge in [0.25, 0.3) is 0 Å². The SMILES string of the molecule is CCOc1ccc2c(c1)O/C(=C\c1cccnc1)C2=O. The average Bonchev–Trinajstić information content (AvgIpc) is 2.77. The van der Waals surface area contributed by atoms with E-state index in [4.69, 9.17) is 9.47 Å². The zero-order valence-corrected chi connectivity index (χ0v) is 11.0. The van der Waals surface area contributed by atoms with Gasteiger partial charge in [-0.05, 0) is 36.8 Å². The highest BCUT2D eigenvalue weighted by Crippen LogP contribution is 2.34. The fourth-order valence-corrected chi connectivity index (χ4v) is 2.04. The Balaban J connectivity index is 1.92. The summed E-state index contributed by atoms with van der Waals surface area (Å²) in [7, 11) is 0. The number of carbonyl (C=O) groups is 1. The Hall–Kier alpha value is -2.62. The molecule has 0 fully saturated rings. The summed E-state index contributed by atoms with van der Waals surface area (Å²) in [5.41, 5.74) is 1.39. The third kappa shape index (κ3) is 2.28. The van der Waals surface area contributed by atoms with E-state index in [0.29, 0.717) is 29.4 Å². The molecule has 0 amide bonds. The number of hydrogen-bond donors (Lipinski definition) is 0. The number of pyridine rings is 1. The van der Waals surface area contributed by atoms with Crippen molar-refractivity contribution in [3.8, 4) is 11.5 Å². The molecule has 1 aromatic heterocycles. The lowest BCUT2D eigenvalue weighted by molar-refractivity contribution is 0.101. The number of rotatable bonds is 3. The minimum Gasteiger partial charge on any atom is -0.494 e. The quantitative estimate of drug-likeness (QED) is 0.802. The van der Waals surface area contributed by atoms with Crippen molar-refractivity contribution in [3.05, 3.63) is 59.6 Å². The molecule has 0 radical (unpaired) electrons. The van der Waals surface area contributed by atoms with Gasteiger partial charge in [-0.25, -0.2) is 0 Å². The Kier molecular flexibility index (Phi) is 3.21. The normalized spacial score (nSPS) is 15.1. The van der Waals surface area contributed by atoms with Crippen LogP contribution < -0.4 is 9.47 Å². The van der Waals surface area contributed by atoms with E-state index >= 15 is 0 Å². The van der Waals surface area contributed by atoms with Gasteiger partial charge in [-0.3, -0.25) is 9.78 Å². The van der Waals surface area contributed by atoms with Crippen molar-refractivity contribution in [2.24, 2.45) is 0 Å². The highest BCUT2D eigenvalue weighted by Gasteiger charge is 2.27. The zero-order valence-electron chi connectivity index (χ0n) is 11.0. The highest BCUT2D eigenvalue weighted by molar-refractivity contribution is 6.14. The Labute approximate surface area is 116 Å². The van der Waals surface area contributed by atoms with Crippen molar-refractivity contribution >= 4 is 11.9 Å². The van der Waals surface area contributed by atoms with Gasteiger partial charge in [0.2, 0.25) is 5.78 Å². The molecule has 0 saturated heterocycles. The summed E-state index contributed by atoms with van der Waals surface area (Å²) in [4.78, 5) is 16.2. The predicted octanol–water partition coefficient (Wildman–Crippen LogP) is 3.10. The van der Waals surface area contributed by atoms with Crippen LogP contribution in [0.4, 0.5) is 0 Å². The lowest BCUT2D eigenvalue weighted by Gasteiger charge is -2.03. The number of hydrogen-bond acceptors (Lipinski definition) is 4. The number of nitrogens with zero attached hydrogens (tertiary/aromatic N) is 1. The Bertz CT molecular complexity index is 677. The first-order valence-corrected chi connectivity index (χ1v) is 6.39. The van der Waals surface area contributed by atoms with E-state index in [-0.39, 0.29) is 5.78 Å². The van der Waals surface area contributed by atoms with Crippen LogP contribution in [0.1, 0.15) is 22.8 Å². The molecule has 2 heterocycles. The van der Waals surface area contributed by atoms with Gasteiger partial charge >= 0.3 is 0 Å². The van der Waals surface area contributed by atoms with Crippen LogP contribution in [-0.4, -0.2) is 17.4 Å². The molecule has 1 aliphatic heterocycles. The van der Waals surface area contributed by atoms with E-state index in [1.165, 1.54) is 0 Å². The summed E-state index contributed by atoms with van der Waals surface area (Å²) in [6.45, 7) is 2.48. The van der Waals surface area contributed by atoms with E-state index in [0.717, 1.165) is 5.56 Å². The fraction of sp³-hybridized carbons (Fsp3) is 0.125. The van der Waals surface area contributed by atoms with E-state index < -0.39 is 0 Å². The van der Waals surface area contributed by atoms with Crippen LogP contribution in [0.25, 0.3) is 6.08 Å². The molecule has 0 saturated carbocycles. The van der Waals surface area contributed by atoms with E-state index in [2.05, 4.69) is 4.98 Å². The monoisotopic (exact) mass is 267 g/mol. The smallest absolute Gasteiger partial charge is 0.231 e. The maximum absolute atomic E-state index is 12.2. The molecule has 0 spiro atoms. The third-order valence-corrected chi connectivity index (χ3v) is 2.93. The second-order valence-corrected chi connectivity index (χ2v) is 4.32. The second kappa shape index (κ2) is 5.17. The summed E-state index contributed by atoms with van der Waals surface area (Å²) in [6.07, 6.45) is 5.05. The molecule has 20 heavy (non-hydrogen) atoms. The van der Waals surface area contributed by atoms with Gasteiger partial charge in [0, 0.05) is 18.5 Å². The maximum Gasteiger partial charge on any atom is 0.231 e. The van der Waals surface area contributed by atoms with Crippen molar-refractivity contribution in [2.45, 2.75) is 6.92 Å². The first kappa shape index (κ1) is 12.4. The summed E-state index contributed by atoms with van der Waals surface area (Å²) >= 11 is 0. The molecule has 0 N–H and O–H groups in total. The van der Waals surface area contributed by atoms with Gasteiger partial charge in [-0.15, -0.1) is 0 Å². The lowest BCUT2D eigenvalue weighted by atomic mass is 10.1. The Morgan fingerprint density at radius 1 is 1.35 bits per heavy atom. The molecular weight excluding hydrogens is 254 g/mol. The summed E-state index contributed by atoms with van der Waals surface area (Å²) in [5, 5.41) is 0.